The highest BCUT2D eigenvalue weighted by atomic mass is 35.5. The van der Waals surface area contributed by atoms with Crippen molar-refractivity contribution in [3.05, 3.63) is 64.7 Å². The quantitative estimate of drug-likeness (QED) is 0.795. The van der Waals surface area contributed by atoms with Crippen molar-refractivity contribution in [2.75, 3.05) is 17.8 Å². The highest BCUT2D eigenvalue weighted by Crippen LogP contribution is 2.20. The van der Waals surface area contributed by atoms with Gasteiger partial charge in [0, 0.05) is 18.1 Å². The zero-order valence-electron chi connectivity index (χ0n) is 14.2. The number of carbonyl (C=O) groups is 1. The van der Waals surface area contributed by atoms with E-state index in [4.69, 9.17) is 11.6 Å². The summed E-state index contributed by atoms with van der Waals surface area (Å²) in [5, 5.41) is 0.546. The summed E-state index contributed by atoms with van der Waals surface area (Å²) in [6.45, 7) is 4.88. The molecule has 0 saturated heterocycles. The van der Waals surface area contributed by atoms with E-state index in [1.807, 2.05) is 13.8 Å². The molecule has 0 aromatic heterocycles. The largest absolute Gasteiger partial charge is 0.339 e. The van der Waals surface area contributed by atoms with Crippen LogP contribution in [0.5, 0.6) is 0 Å². The Morgan fingerprint density at radius 1 is 1.04 bits per heavy atom. The topological polar surface area (TPSA) is 66.5 Å². The number of hydrogen-bond acceptors (Lipinski definition) is 3. The Morgan fingerprint density at radius 2 is 1.64 bits per heavy atom. The van der Waals surface area contributed by atoms with E-state index < -0.39 is 10.0 Å². The van der Waals surface area contributed by atoms with Gasteiger partial charge < -0.3 is 4.90 Å². The number of halogens is 1. The normalized spacial score (nSPS) is 11.2. The first-order valence-corrected chi connectivity index (χ1v) is 10.0. The maximum Gasteiger partial charge on any atom is 0.255 e. The van der Waals surface area contributed by atoms with Gasteiger partial charge in [0.05, 0.1) is 17.0 Å². The second kappa shape index (κ2) is 8.36. The first kappa shape index (κ1) is 19.3. The first-order chi connectivity index (χ1) is 11.9. The molecular formula is C18H21ClN2O3S. The van der Waals surface area contributed by atoms with Crippen molar-refractivity contribution in [3.63, 3.8) is 0 Å². The summed E-state index contributed by atoms with van der Waals surface area (Å²) in [7, 11) is -3.66. The summed E-state index contributed by atoms with van der Waals surface area (Å²) in [5.41, 5.74) is 1.24. The molecule has 7 heteroatoms. The number of amides is 1. The van der Waals surface area contributed by atoms with Gasteiger partial charge in [-0.05, 0) is 43.7 Å². The molecule has 0 saturated carbocycles. The third-order valence-corrected chi connectivity index (χ3v) is 5.24. The molecule has 0 heterocycles. The van der Waals surface area contributed by atoms with Crippen LogP contribution in [0.1, 0.15) is 29.8 Å². The molecule has 0 bridgehead atoms. The fraction of sp³-hybridized carbons (Fsp3) is 0.278. The van der Waals surface area contributed by atoms with Crippen LogP contribution in [0.25, 0.3) is 0 Å². The molecular weight excluding hydrogens is 360 g/mol. The lowest BCUT2D eigenvalue weighted by Gasteiger charge is -2.20. The molecule has 0 aliphatic carbocycles. The van der Waals surface area contributed by atoms with Crippen molar-refractivity contribution in [1.82, 2.24) is 4.90 Å². The Balaban J connectivity index is 2.24. The van der Waals surface area contributed by atoms with Gasteiger partial charge >= 0.3 is 0 Å². The SMILES string of the molecule is CCN(CC)C(=O)c1ccccc1NS(=O)(=O)Cc1ccc(Cl)cc1. The summed E-state index contributed by atoms with van der Waals surface area (Å²) < 4.78 is 27.5. The van der Waals surface area contributed by atoms with Crippen molar-refractivity contribution in [3.8, 4) is 0 Å². The molecule has 0 aliphatic rings. The Hall–Kier alpha value is -2.05. The van der Waals surface area contributed by atoms with Crippen LogP contribution in [-0.4, -0.2) is 32.3 Å². The van der Waals surface area contributed by atoms with Gasteiger partial charge in [-0.3, -0.25) is 9.52 Å². The number of nitrogens with zero attached hydrogens (tertiary/aromatic N) is 1. The minimum Gasteiger partial charge on any atom is -0.339 e. The lowest BCUT2D eigenvalue weighted by atomic mass is 10.1. The zero-order chi connectivity index (χ0) is 18.4. The van der Waals surface area contributed by atoms with Gasteiger partial charge in [0.25, 0.3) is 5.91 Å². The molecule has 2 aromatic rings. The van der Waals surface area contributed by atoms with E-state index in [1.54, 1.807) is 53.4 Å². The highest BCUT2D eigenvalue weighted by Gasteiger charge is 2.19. The fourth-order valence-corrected chi connectivity index (χ4v) is 3.79. The number of para-hydroxylation sites is 1. The van der Waals surface area contributed by atoms with E-state index >= 15 is 0 Å². The highest BCUT2D eigenvalue weighted by molar-refractivity contribution is 7.91. The molecule has 0 spiro atoms. The van der Waals surface area contributed by atoms with Crippen LogP contribution in [-0.2, 0) is 15.8 Å². The Morgan fingerprint density at radius 3 is 2.24 bits per heavy atom. The number of carbonyl (C=O) groups excluding carboxylic acids is 1. The number of sulfonamides is 1. The van der Waals surface area contributed by atoms with Gasteiger partial charge in [0.15, 0.2) is 0 Å². The van der Waals surface area contributed by atoms with Crippen LogP contribution in [0.2, 0.25) is 5.02 Å². The average Bonchev–Trinajstić information content (AvgIpc) is 2.58. The number of rotatable bonds is 7. The second-order valence-electron chi connectivity index (χ2n) is 5.51. The molecule has 2 rings (SSSR count). The van der Waals surface area contributed by atoms with Gasteiger partial charge in [-0.25, -0.2) is 8.42 Å². The maximum atomic E-state index is 12.6. The average molecular weight is 381 g/mol. The van der Waals surface area contributed by atoms with Crippen LogP contribution >= 0.6 is 11.6 Å². The summed E-state index contributed by atoms with van der Waals surface area (Å²) >= 11 is 5.82. The molecule has 0 radical (unpaired) electrons. The lowest BCUT2D eigenvalue weighted by Crippen LogP contribution is -2.31. The zero-order valence-corrected chi connectivity index (χ0v) is 15.8. The van der Waals surface area contributed by atoms with Crippen molar-refractivity contribution >= 4 is 33.2 Å². The number of anilines is 1. The van der Waals surface area contributed by atoms with E-state index in [9.17, 15) is 13.2 Å². The summed E-state index contributed by atoms with van der Waals surface area (Å²) in [4.78, 5) is 14.2. The standard InChI is InChI=1S/C18H21ClN2O3S/c1-3-21(4-2)18(22)16-7-5-6-8-17(16)20-25(23,24)13-14-9-11-15(19)12-10-14/h5-12,20H,3-4,13H2,1-2H3. The molecule has 1 N–H and O–H groups in total. The summed E-state index contributed by atoms with van der Waals surface area (Å²) in [6.07, 6.45) is 0. The first-order valence-electron chi connectivity index (χ1n) is 7.99. The van der Waals surface area contributed by atoms with Crippen molar-refractivity contribution in [1.29, 1.82) is 0 Å². The maximum absolute atomic E-state index is 12.6. The van der Waals surface area contributed by atoms with Crippen molar-refractivity contribution < 1.29 is 13.2 Å². The minimum atomic E-state index is -3.66. The molecule has 0 aliphatic heterocycles. The fourth-order valence-electron chi connectivity index (χ4n) is 2.44. The molecule has 5 nitrogen and oxygen atoms in total. The van der Waals surface area contributed by atoms with E-state index in [-0.39, 0.29) is 17.3 Å². The summed E-state index contributed by atoms with van der Waals surface area (Å²) in [6, 6.07) is 13.2. The second-order valence-corrected chi connectivity index (χ2v) is 7.67. The number of benzene rings is 2. The van der Waals surface area contributed by atoms with Crippen LogP contribution < -0.4 is 4.72 Å². The monoisotopic (exact) mass is 380 g/mol. The third-order valence-electron chi connectivity index (χ3n) is 3.74. The van der Waals surface area contributed by atoms with Gasteiger partial charge in [0.2, 0.25) is 10.0 Å². The molecule has 2 aromatic carbocycles. The predicted molar refractivity (Wildman–Crippen MR) is 101 cm³/mol. The molecule has 134 valence electrons. The Kier molecular flexibility index (Phi) is 6.45. The van der Waals surface area contributed by atoms with Gasteiger partial charge in [-0.1, -0.05) is 35.9 Å². The minimum absolute atomic E-state index is 0.196. The van der Waals surface area contributed by atoms with Crippen molar-refractivity contribution in [2.45, 2.75) is 19.6 Å². The molecule has 1 amide bonds. The number of nitrogens with one attached hydrogen (secondary N) is 1. The lowest BCUT2D eigenvalue weighted by molar-refractivity contribution is 0.0774. The van der Waals surface area contributed by atoms with E-state index in [2.05, 4.69) is 4.72 Å². The third kappa shape index (κ3) is 5.21. The summed E-state index contributed by atoms with van der Waals surface area (Å²) in [5.74, 6) is -0.396. The predicted octanol–water partition coefficient (Wildman–Crippen LogP) is 3.76. The van der Waals surface area contributed by atoms with Crippen LogP contribution in [0.4, 0.5) is 5.69 Å². The van der Waals surface area contributed by atoms with Crippen LogP contribution in [0.15, 0.2) is 48.5 Å². The molecule has 25 heavy (non-hydrogen) atoms. The van der Waals surface area contributed by atoms with Crippen LogP contribution in [0.3, 0.4) is 0 Å². The van der Waals surface area contributed by atoms with E-state index in [0.29, 0.717) is 29.2 Å². The smallest absolute Gasteiger partial charge is 0.255 e. The van der Waals surface area contributed by atoms with Crippen LogP contribution in [0, 0.1) is 0 Å². The Labute approximate surface area is 153 Å². The van der Waals surface area contributed by atoms with Gasteiger partial charge in [0.1, 0.15) is 0 Å². The molecule has 0 fully saturated rings. The molecule has 0 atom stereocenters. The van der Waals surface area contributed by atoms with Gasteiger partial charge in [-0.15, -0.1) is 0 Å². The van der Waals surface area contributed by atoms with Gasteiger partial charge in [-0.2, -0.15) is 0 Å². The number of hydrogen-bond donors (Lipinski definition) is 1. The van der Waals surface area contributed by atoms with Crippen molar-refractivity contribution in [2.24, 2.45) is 0 Å². The molecule has 0 unspecified atom stereocenters. The van der Waals surface area contributed by atoms with E-state index in [1.165, 1.54) is 0 Å². The Bertz CT molecular complexity index is 832. The van der Waals surface area contributed by atoms with E-state index in [0.717, 1.165) is 0 Å².